The lowest BCUT2D eigenvalue weighted by Gasteiger charge is -2.08. The van der Waals surface area contributed by atoms with Crippen molar-refractivity contribution in [2.75, 3.05) is 0 Å². The third-order valence-electron chi connectivity index (χ3n) is 6.13. The fraction of sp³-hybridized carbons (Fsp3) is 0. The minimum atomic E-state index is 0.801. The molecule has 0 radical (unpaired) electrons. The van der Waals surface area contributed by atoms with Crippen molar-refractivity contribution < 1.29 is 4.42 Å². The Hall–Kier alpha value is -3.33. The summed E-state index contributed by atoms with van der Waals surface area (Å²) in [5.74, 6) is 0. The first-order valence-corrected chi connectivity index (χ1v) is 11.4. The van der Waals surface area contributed by atoms with Gasteiger partial charge in [0.05, 0.1) is 9.72 Å². The number of rotatable bonds is 1. The number of hydrogen-bond acceptors (Lipinski definition) is 2. The van der Waals surface area contributed by atoms with E-state index in [1.165, 1.54) is 37.4 Å². The molecule has 0 bridgehead atoms. The average Bonchev–Trinajstić information content (AvgIpc) is 3.37. The predicted octanol–water partition coefficient (Wildman–Crippen LogP) is 9.43. The summed E-state index contributed by atoms with van der Waals surface area (Å²) in [5.41, 5.74) is 4.20. The van der Waals surface area contributed by atoms with Crippen LogP contribution in [0, 0.1) is 0 Å². The standard InChI is InChI=1S/C28H15ClOS/c29-22-13-12-19(27-20-8-3-4-11-25(20)31-28(22)27)18-9-5-10-23-26(18)21-14-16-6-1-2-7-17(16)15-24(21)30-23/h1-15H. The van der Waals surface area contributed by atoms with Crippen LogP contribution in [0.15, 0.2) is 95.4 Å². The fourth-order valence-electron chi connectivity index (χ4n) is 4.76. The van der Waals surface area contributed by atoms with Crippen molar-refractivity contribution in [3.8, 4) is 11.1 Å². The first-order valence-electron chi connectivity index (χ1n) is 10.2. The van der Waals surface area contributed by atoms with Gasteiger partial charge < -0.3 is 4.42 Å². The van der Waals surface area contributed by atoms with E-state index >= 15 is 0 Å². The van der Waals surface area contributed by atoms with Crippen LogP contribution in [0.3, 0.4) is 0 Å². The van der Waals surface area contributed by atoms with E-state index in [1.807, 2.05) is 6.07 Å². The van der Waals surface area contributed by atoms with Crippen molar-refractivity contribution in [1.82, 2.24) is 0 Å². The van der Waals surface area contributed by atoms with Crippen LogP contribution in [0.25, 0.3) is 64.0 Å². The zero-order valence-corrected chi connectivity index (χ0v) is 17.9. The number of benzene rings is 5. The van der Waals surface area contributed by atoms with Crippen LogP contribution < -0.4 is 0 Å². The number of fused-ring (bicyclic) bond motifs is 7. The summed E-state index contributed by atoms with van der Waals surface area (Å²) in [6.07, 6.45) is 0. The van der Waals surface area contributed by atoms with Gasteiger partial charge in [-0.25, -0.2) is 0 Å². The molecule has 146 valence electrons. The Morgan fingerprint density at radius 3 is 2.29 bits per heavy atom. The third-order valence-corrected chi connectivity index (χ3v) is 7.76. The van der Waals surface area contributed by atoms with E-state index in [1.54, 1.807) is 11.3 Å². The van der Waals surface area contributed by atoms with E-state index < -0.39 is 0 Å². The Labute approximate surface area is 187 Å². The molecule has 31 heavy (non-hydrogen) atoms. The molecule has 0 saturated heterocycles. The van der Waals surface area contributed by atoms with Crippen molar-refractivity contribution in [2.24, 2.45) is 0 Å². The van der Waals surface area contributed by atoms with Gasteiger partial charge in [0.15, 0.2) is 0 Å². The van der Waals surface area contributed by atoms with Gasteiger partial charge in [-0.2, -0.15) is 0 Å². The molecule has 3 heteroatoms. The summed E-state index contributed by atoms with van der Waals surface area (Å²) < 4.78 is 8.69. The SMILES string of the molecule is Clc1ccc(-c2cccc3oc4cc5ccccc5cc4c23)c2c1sc1ccccc12. The Balaban J connectivity index is 1.66. The molecule has 0 N–H and O–H groups in total. The monoisotopic (exact) mass is 434 g/mol. The highest BCUT2D eigenvalue weighted by Crippen LogP contribution is 2.46. The normalized spacial score (nSPS) is 12.0. The highest BCUT2D eigenvalue weighted by molar-refractivity contribution is 7.26. The van der Waals surface area contributed by atoms with E-state index in [0.717, 1.165) is 31.7 Å². The van der Waals surface area contributed by atoms with E-state index in [2.05, 4.69) is 84.9 Å². The Bertz CT molecular complexity index is 1810. The van der Waals surface area contributed by atoms with Crippen LogP contribution in [0.4, 0.5) is 0 Å². The first kappa shape index (κ1) is 17.4. The highest BCUT2D eigenvalue weighted by atomic mass is 35.5. The van der Waals surface area contributed by atoms with E-state index in [0.29, 0.717) is 0 Å². The molecule has 0 aliphatic carbocycles. The molecule has 0 spiro atoms. The molecule has 0 saturated carbocycles. The fourth-order valence-corrected chi connectivity index (χ4v) is 6.16. The Kier molecular flexibility index (Phi) is 3.55. The quantitative estimate of drug-likeness (QED) is 0.251. The summed E-state index contributed by atoms with van der Waals surface area (Å²) in [6.45, 7) is 0. The van der Waals surface area contributed by atoms with Crippen molar-refractivity contribution >= 4 is 75.8 Å². The lowest BCUT2D eigenvalue weighted by molar-refractivity contribution is 0.669. The summed E-state index contributed by atoms with van der Waals surface area (Å²) >= 11 is 8.39. The van der Waals surface area contributed by atoms with Gasteiger partial charge in [-0.15, -0.1) is 11.3 Å². The van der Waals surface area contributed by atoms with Crippen molar-refractivity contribution in [2.45, 2.75) is 0 Å². The largest absolute Gasteiger partial charge is 0.456 e. The molecule has 0 atom stereocenters. The van der Waals surface area contributed by atoms with Crippen LogP contribution in [0.1, 0.15) is 0 Å². The maximum Gasteiger partial charge on any atom is 0.136 e. The first-order chi connectivity index (χ1) is 15.3. The van der Waals surface area contributed by atoms with Gasteiger partial charge >= 0.3 is 0 Å². The summed E-state index contributed by atoms with van der Waals surface area (Å²) in [5, 5.41) is 7.97. The molecule has 7 rings (SSSR count). The van der Waals surface area contributed by atoms with Gasteiger partial charge in [0.1, 0.15) is 11.2 Å². The molecule has 7 aromatic rings. The van der Waals surface area contributed by atoms with E-state index in [9.17, 15) is 0 Å². The van der Waals surface area contributed by atoms with E-state index in [-0.39, 0.29) is 0 Å². The molecule has 0 aliphatic heterocycles. The van der Waals surface area contributed by atoms with Gasteiger partial charge in [-0.1, -0.05) is 72.3 Å². The Morgan fingerprint density at radius 1 is 0.613 bits per heavy atom. The Morgan fingerprint density at radius 2 is 1.39 bits per heavy atom. The van der Waals surface area contributed by atoms with Gasteiger partial charge in [-0.3, -0.25) is 0 Å². The number of halogens is 1. The van der Waals surface area contributed by atoms with Gasteiger partial charge in [0, 0.05) is 26.2 Å². The highest BCUT2D eigenvalue weighted by Gasteiger charge is 2.18. The van der Waals surface area contributed by atoms with Gasteiger partial charge in [0.25, 0.3) is 0 Å². The van der Waals surface area contributed by atoms with Crippen molar-refractivity contribution in [1.29, 1.82) is 0 Å². The number of thiophene rings is 1. The topological polar surface area (TPSA) is 13.1 Å². The van der Waals surface area contributed by atoms with Crippen LogP contribution in [0.2, 0.25) is 5.02 Å². The predicted molar refractivity (Wildman–Crippen MR) is 135 cm³/mol. The maximum atomic E-state index is 6.64. The maximum absolute atomic E-state index is 6.64. The molecule has 0 amide bonds. The number of hydrogen-bond donors (Lipinski definition) is 0. The second-order valence-corrected chi connectivity index (χ2v) is 9.33. The minimum Gasteiger partial charge on any atom is -0.456 e. The molecule has 0 aliphatic rings. The summed E-state index contributed by atoms with van der Waals surface area (Å²) in [4.78, 5) is 0. The van der Waals surface area contributed by atoms with Crippen LogP contribution in [-0.4, -0.2) is 0 Å². The average molecular weight is 435 g/mol. The van der Waals surface area contributed by atoms with Gasteiger partial charge in [-0.05, 0) is 52.2 Å². The lowest BCUT2D eigenvalue weighted by Crippen LogP contribution is -1.82. The molecule has 0 unspecified atom stereocenters. The zero-order valence-electron chi connectivity index (χ0n) is 16.4. The smallest absolute Gasteiger partial charge is 0.136 e. The lowest BCUT2D eigenvalue weighted by atomic mass is 9.95. The molecule has 2 aromatic heterocycles. The van der Waals surface area contributed by atoms with Crippen LogP contribution in [-0.2, 0) is 0 Å². The minimum absolute atomic E-state index is 0.801. The third kappa shape index (κ3) is 2.43. The second-order valence-electron chi connectivity index (χ2n) is 7.87. The molecule has 0 fully saturated rings. The molecule has 5 aromatic carbocycles. The molecular weight excluding hydrogens is 420 g/mol. The van der Waals surface area contributed by atoms with Crippen LogP contribution >= 0.6 is 22.9 Å². The zero-order chi connectivity index (χ0) is 20.5. The molecule has 2 heterocycles. The van der Waals surface area contributed by atoms with Crippen LogP contribution in [0.5, 0.6) is 0 Å². The molecule has 1 nitrogen and oxygen atoms in total. The van der Waals surface area contributed by atoms with E-state index in [4.69, 9.17) is 16.0 Å². The summed E-state index contributed by atoms with van der Waals surface area (Å²) in [7, 11) is 0. The number of furan rings is 1. The summed E-state index contributed by atoms with van der Waals surface area (Å²) in [6, 6.07) is 31.9. The van der Waals surface area contributed by atoms with Crippen molar-refractivity contribution in [3.63, 3.8) is 0 Å². The second kappa shape index (κ2) is 6.34. The van der Waals surface area contributed by atoms with Crippen molar-refractivity contribution in [3.05, 3.63) is 96.0 Å². The van der Waals surface area contributed by atoms with Gasteiger partial charge in [0.2, 0.25) is 0 Å². The molecular formula is C28H15ClOS.